The molecule has 1 aromatic carbocycles. The number of hydrogen-bond donors (Lipinski definition) is 0. The van der Waals surface area contributed by atoms with Crippen LogP contribution in [0.2, 0.25) is 0 Å². The normalized spacial score (nSPS) is 17.3. The second-order valence-electron chi connectivity index (χ2n) is 6.17. The zero-order valence-corrected chi connectivity index (χ0v) is 14.4. The summed E-state index contributed by atoms with van der Waals surface area (Å²) in [4.78, 5) is 22.8. The van der Waals surface area contributed by atoms with E-state index < -0.39 is 0 Å². The van der Waals surface area contributed by atoms with Crippen LogP contribution in [0.25, 0.3) is 11.0 Å². The average molecular weight is 353 g/mol. The first-order chi connectivity index (χ1) is 12.7. The maximum atomic E-state index is 12.9. The molecule has 1 atom stereocenters. The molecule has 3 aromatic rings. The van der Waals surface area contributed by atoms with Crippen LogP contribution in [0.1, 0.15) is 23.4 Å². The fraction of sp³-hybridized carbons (Fsp3) is 0.316. The molecule has 2 aromatic heterocycles. The summed E-state index contributed by atoms with van der Waals surface area (Å²) in [5.74, 6) is 1.25. The van der Waals surface area contributed by atoms with E-state index in [4.69, 9.17) is 13.9 Å². The molecule has 7 nitrogen and oxygen atoms in total. The van der Waals surface area contributed by atoms with Crippen LogP contribution >= 0.6 is 0 Å². The van der Waals surface area contributed by atoms with Crippen molar-refractivity contribution in [3.05, 3.63) is 48.6 Å². The standard InChI is InChI=1S/C19H19N3O4/c1-24-15-6-2-4-13-10-16(26-18(13)15)19(23)22-9-3-5-14(12-22)25-17-11-20-7-8-21-17/h2,4,6-8,10-11,14H,3,5,9,12H2,1H3. The number of methoxy groups -OCH3 is 1. The Hall–Kier alpha value is -3.09. The lowest BCUT2D eigenvalue weighted by molar-refractivity contribution is 0.0501. The maximum absolute atomic E-state index is 12.9. The number of furan rings is 1. The molecule has 4 rings (SSSR count). The minimum Gasteiger partial charge on any atom is -0.493 e. The van der Waals surface area contributed by atoms with E-state index in [0.717, 1.165) is 18.2 Å². The summed E-state index contributed by atoms with van der Waals surface area (Å²) in [5.41, 5.74) is 0.586. The summed E-state index contributed by atoms with van der Waals surface area (Å²) in [6.07, 6.45) is 6.38. The molecule has 1 saturated heterocycles. The number of para-hydroxylation sites is 1. The van der Waals surface area contributed by atoms with Crippen LogP contribution in [0.4, 0.5) is 0 Å². The van der Waals surface area contributed by atoms with Crippen molar-refractivity contribution in [2.24, 2.45) is 0 Å². The quantitative estimate of drug-likeness (QED) is 0.718. The molecule has 3 heterocycles. The molecule has 1 unspecified atom stereocenters. The van der Waals surface area contributed by atoms with Gasteiger partial charge in [0.25, 0.3) is 5.91 Å². The minimum atomic E-state index is -0.143. The fourth-order valence-electron chi connectivity index (χ4n) is 3.19. The zero-order chi connectivity index (χ0) is 17.9. The number of aromatic nitrogens is 2. The Bertz CT molecular complexity index is 910. The first-order valence-corrected chi connectivity index (χ1v) is 8.53. The highest BCUT2D eigenvalue weighted by molar-refractivity contribution is 5.97. The zero-order valence-electron chi connectivity index (χ0n) is 14.4. The number of fused-ring (bicyclic) bond motifs is 1. The molecule has 1 aliphatic heterocycles. The van der Waals surface area contributed by atoms with Gasteiger partial charge in [-0.15, -0.1) is 0 Å². The number of benzene rings is 1. The lowest BCUT2D eigenvalue weighted by Gasteiger charge is -2.31. The van der Waals surface area contributed by atoms with Gasteiger partial charge < -0.3 is 18.8 Å². The van der Waals surface area contributed by atoms with Gasteiger partial charge in [0.05, 0.1) is 19.9 Å². The number of nitrogens with zero attached hydrogens (tertiary/aromatic N) is 3. The predicted molar refractivity (Wildman–Crippen MR) is 94.4 cm³/mol. The Labute approximate surface area is 150 Å². The smallest absolute Gasteiger partial charge is 0.289 e. The van der Waals surface area contributed by atoms with Crippen LogP contribution in [0, 0.1) is 0 Å². The molecule has 0 bridgehead atoms. The third-order valence-electron chi connectivity index (χ3n) is 4.43. The van der Waals surface area contributed by atoms with Crippen molar-refractivity contribution in [1.29, 1.82) is 0 Å². The topological polar surface area (TPSA) is 77.7 Å². The van der Waals surface area contributed by atoms with E-state index in [1.165, 1.54) is 0 Å². The highest BCUT2D eigenvalue weighted by Gasteiger charge is 2.28. The number of hydrogen-bond acceptors (Lipinski definition) is 6. The number of ether oxygens (including phenoxy) is 2. The van der Waals surface area contributed by atoms with Gasteiger partial charge in [0.15, 0.2) is 17.1 Å². The van der Waals surface area contributed by atoms with E-state index in [1.807, 2.05) is 18.2 Å². The molecule has 0 radical (unpaired) electrons. The van der Waals surface area contributed by atoms with Crippen molar-refractivity contribution in [1.82, 2.24) is 14.9 Å². The number of rotatable bonds is 4. The van der Waals surface area contributed by atoms with E-state index in [0.29, 0.717) is 36.1 Å². The highest BCUT2D eigenvalue weighted by Crippen LogP contribution is 2.29. The number of carbonyl (C=O) groups excluding carboxylic acids is 1. The Morgan fingerprint density at radius 1 is 1.35 bits per heavy atom. The van der Waals surface area contributed by atoms with Crippen molar-refractivity contribution >= 4 is 16.9 Å². The Morgan fingerprint density at radius 3 is 3.08 bits per heavy atom. The summed E-state index contributed by atoms with van der Waals surface area (Å²) in [6.45, 7) is 1.16. The monoisotopic (exact) mass is 353 g/mol. The Morgan fingerprint density at radius 2 is 2.27 bits per heavy atom. The van der Waals surface area contributed by atoms with Crippen LogP contribution in [0.5, 0.6) is 11.6 Å². The van der Waals surface area contributed by atoms with Crippen molar-refractivity contribution in [2.75, 3.05) is 20.2 Å². The Kier molecular flexibility index (Phi) is 4.43. The molecule has 0 spiro atoms. The number of carbonyl (C=O) groups is 1. The van der Waals surface area contributed by atoms with E-state index in [-0.39, 0.29) is 12.0 Å². The predicted octanol–water partition coefficient (Wildman–Crippen LogP) is 2.92. The summed E-state index contributed by atoms with van der Waals surface area (Å²) in [6, 6.07) is 7.34. The average Bonchev–Trinajstić information content (AvgIpc) is 3.12. The van der Waals surface area contributed by atoms with Crippen molar-refractivity contribution in [3.8, 4) is 11.6 Å². The summed E-state index contributed by atoms with van der Waals surface area (Å²) >= 11 is 0. The van der Waals surface area contributed by atoms with Gasteiger partial charge in [0.1, 0.15) is 6.10 Å². The maximum Gasteiger partial charge on any atom is 0.289 e. The van der Waals surface area contributed by atoms with Crippen LogP contribution in [-0.4, -0.2) is 47.1 Å². The number of amides is 1. The molecule has 7 heteroatoms. The molecular formula is C19H19N3O4. The lowest BCUT2D eigenvalue weighted by Crippen LogP contribution is -2.44. The van der Waals surface area contributed by atoms with Crippen LogP contribution in [-0.2, 0) is 0 Å². The van der Waals surface area contributed by atoms with Gasteiger partial charge in [-0.05, 0) is 25.0 Å². The van der Waals surface area contributed by atoms with Crippen molar-refractivity contribution in [2.45, 2.75) is 18.9 Å². The van der Waals surface area contributed by atoms with E-state index in [9.17, 15) is 4.79 Å². The van der Waals surface area contributed by atoms with Gasteiger partial charge in [-0.25, -0.2) is 4.98 Å². The van der Waals surface area contributed by atoms with Crippen molar-refractivity contribution < 1.29 is 18.7 Å². The summed E-state index contributed by atoms with van der Waals surface area (Å²) in [7, 11) is 1.58. The molecule has 1 fully saturated rings. The fourth-order valence-corrected chi connectivity index (χ4v) is 3.19. The first kappa shape index (κ1) is 16.4. The lowest BCUT2D eigenvalue weighted by atomic mass is 10.1. The van der Waals surface area contributed by atoms with Gasteiger partial charge in [-0.1, -0.05) is 12.1 Å². The second-order valence-corrected chi connectivity index (χ2v) is 6.17. The third-order valence-corrected chi connectivity index (χ3v) is 4.43. The first-order valence-electron chi connectivity index (χ1n) is 8.53. The number of piperidine rings is 1. The second kappa shape index (κ2) is 7.03. The molecule has 26 heavy (non-hydrogen) atoms. The van der Waals surface area contributed by atoms with Gasteiger partial charge >= 0.3 is 0 Å². The van der Waals surface area contributed by atoms with Gasteiger partial charge in [-0.2, -0.15) is 0 Å². The van der Waals surface area contributed by atoms with Crippen LogP contribution in [0.3, 0.4) is 0 Å². The van der Waals surface area contributed by atoms with Gasteiger partial charge in [-0.3, -0.25) is 9.78 Å². The van der Waals surface area contributed by atoms with E-state index >= 15 is 0 Å². The highest BCUT2D eigenvalue weighted by atomic mass is 16.5. The van der Waals surface area contributed by atoms with Crippen LogP contribution < -0.4 is 9.47 Å². The minimum absolute atomic E-state index is 0.108. The SMILES string of the molecule is COc1cccc2cc(C(=O)N3CCCC(Oc4cnccn4)C3)oc12. The number of likely N-dealkylation sites (tertiary alicyclic amines) is 1. The Balaban J connectivity index is 1.50. The molecule has 0 N–H and O–H groups in total. The largest absolute Gasteiger partial charge is 0.493 e. The van der Waals surface area contributed by atoms with E-state index in [2.05, 4.69) is 9.97 Å². The summed E-state index contributed by atoms with van der Waals surface area (Å²) < 4.78 is 16.9. The third kappa shape index (κ3) is 3.20. The molecule has 134 valence electrons. The van der Waals surface area contributed by atoms with Crippen LogP contribution in [0.15, 0.2) is 47.3 Å². The molecule has 0 saturated carbocycles. The van der Waals surface area contributed by atoms with Crippen molar-refractivity contribution in [3.63, 3.8) is 0 Å². The molecule has 1 aliphatic rings. The van der Waals surface area contributed by atoms with E-state index in [1.54, 1.807) is 36.7 Å². The molecule has 1 amide bonds. The molecular weight excluding hydrogens is 334 g/mol. The summed E-state index contributed by atoms with van der Waals surface area (Å²) in [5, 5.41) is 0.845. The van der Waals surface area contributed by atoms with Gasteiger partial charge in [0.2, 0.25) is 5.88 Å². The molecule has 0 aliphatic carbocycles. The van der Waals surface area contributed by atoms with Gasteiger partial charge in [0, 0.05) is 24.3 Å².